The minimum absolute atomic E-state index is 0.0268. The Morgan fingerprint density at radius 3 is 2.71 bits per heavy atom. The zero-order chi connectivity index (χ0) is 21.4. The maximum atomic E-state index is 12.9. The Morgan fingerprint density at radius 2 is 1.90 bits per heavy atom. The number of fused-ring (bicyclic) bond motifs is 3. The van der Waals surface area contributed by atoms with Crippen LogP contribution in [0.5, 0.6) is 0 Å². The highest BCUT2D eigenvalue weighted by Gasteiger charge is 2.17. The monoisotopic (exact) mass is 467 g/mol. The largest absolute Gasteiger partial charge is 0.276 e. The summed E-state index contributed by atoms with van der Waals surface area (Å²) in [5, 5.41) is 13.9. The number of rotatable bonds is 6. The lowest BCUT2D eigenvalue weighted by atomic mass is 10.2. The molecule has 0 aliphatic rings. The maximum Gasteiger partial charge on any atom is 0.262 e. The maximum absolute atomic E-state index is 12.9. The summed E-state index contributed by atoms with van der Waals surface area (Å²) in [5.41, 5.74) is 2.82. The van der Waals surface area contributed by atoms with E-state index in [0.717, 1.165) is 33.4 Å². The SMILES string of the molecule is CCCn1c(=O)c2ccccc2n2c(SCc3csc(-c4ccc(Cl)cc4)n3)nnc12. The summed E-state index contributed by atoms with van der Waals surface area (Å²) in [6.07, 6.45) is 0.843. The third-order valence-corrected chi connectivity index (χ3v) is 7.07. The van der Waals surface area contributed by atoms with Gasteiger partial charge in [-0.15, -0.1) is 21.5 Å². The lowest BCUT2D eigenvalue weighted by Crippen LogP contribution is -2.23. The van der Waals surface area contributed by atoms with Gasteiger partial charge in [-0.05, 0) is 30.7 Å². The van der Waals surface area contributed by atoms with Crippen molar-refractivity contribution >= 4 is 51.4 Å². The van der Waals surface area contributed by atoms with E-state index < -0.39 is 0 Å². The lowest BCUT2D eigenvalue weighted by Gasteiger charge is -2.10. The van der Waals surface area contributed by atoms with E-state index in [1.165, 1.54) is 0 Å². The van der Waals surface area contributed by atoms with Crippen LogP contribution in [-0.4, -0.2) is 24.1 Å². The number of thiazole rings is 1. The number of nitrogens with zero attached hydrogens (tertiary/aromatic N) is 5. The highest BCUT2D eigenvalue weighted by atomic mass is 35.5. The van der Waals surface area contributed by atoms with E-state index in [-0.39, 0.29) is 5.56 Å². The fraction of sp³-hybridized carbons (Fsp3) is 0.182. The first-order valence-electron chi connectivity index (χ1n) is 9.85. The van der Waals surface area contributed by atoms with Crippen LogP contribution in [-0.2, 0) is 12.3 Å². The smallest absolute Gasteiger partial charge is 0.262 e. The number of benzene rings is 2. The second-order valence-corrected chi connectivity index (χ2v) is 9.27. The fourth-order valence-corrected chi connectivity index (χ4v) is 5.38. The molecule has 0 fully saturated rings. The normalized spacial score (nSPS) is 11.5. The molecule has 0 bridgehead atoms. The molecule has 3 heterocycles. The summed E-state index contributed by atoms with van der Waals surface area (Å²) in [4.78, 5) is 17.7. The summed E-state index contributed by atoms with van der Waals surface area (Å²) in [5.74, 6) is 1.24. The van der Waals surface area contributed by atoms with E-state index in [2.05, 4.69) is 15.6 Å². The number of aromatic nitrogens is 5. The van der Waals surface area contributed by atoms with E-state index in [1.807, 2.05) is 59.9 Å². The van der Waals surface area contributed by atoms with Crippen LogP contribution in [0.2, 0.25) is 5.02 Å². The van der Waals surface area contributed by atoms with Crippen molar-refractivity contribution in [3.63, 3.8) is 0 Å². The van der Waals surface area contributed by atoms with Crippen LogP contribution in [0.4, 0.5) is 0 Å². The zero-order valence-corrected chi connectivity index (χ0v) is 19.0. The third-order valence-electron chi connectivity index (χ3n) is 4.92. The molecule has 2 aromatic carbocycles. The number of hydrogen-bond acceptors (Lipinski definition) is 6. The summed E-state index contributed by atoms with van der Waals surface area (Å²) < 4.78 is 3.68. The molecular formula is C22H18ClN5OS2. The van der Waals surface area contributed by atoms with Gasteiger partial charge in [0, 0.05) is 28.3 Å². The topological polar surface area (TPSA) is 65.1 Å². The Hall–Kier alpha value is -2.68. The Bertz CT molecular complexity index is 1440. The van der Waals surface area contributed by atoms with Crippen molar-refractivity contribution in [3.05, 3.63) is 75.0 Å². The molecule has 0 aliphatic carbocycles. The third kappa shape index (κ3) is 3.75. The minimum atomic E-state index is -0.0268. The molecule has 31 heavy (non-hydrogen) atoms. The molecule has 0 saturated carbocycles. The average molecular weight is 468 g/mol. The van der Waals surface area contributed by atoms with Crippen molar-refractivity contribution in [2.45, 2.75) is 30.8 Å². The van der Waals surface area contributed by atoms with E-state index >= 15 is 0 Å². The van der Waals surface area contributed by atoms with Crippen LogP contribution < -0.4 is 5.56 Å². The molecule has 0 aliphatic heterocycles. The molecule has 3 aromatic heterocycles. The van der Waals surface area contributed by atoms with Crippen LogP contribution in [0.25, 0.3) is 27.3 Å². The second kappa shape index (κ2) is 8.45. The molecule has 0 atom stereocenters. The van der Waals surface area contributed by atoms with Crippen molar-refractivity contribution in [3.8, 4) is 10.6 Å². The van der Waals surface area contributed by atoms with Gasteiger partial charge in [-0.2, -0.15) is 0 Å². The molecule has 0 spiro atoms. The van der Waals surface area contributed by atoms with Crippen molar-refractivity contribution in [1.29, 1.82) is 0 Å². The van der Waals surface area contributed by atoms with Gasteiger partial charge in [-0.1, -0.05) is 54.6 Å². The number of thioether (sulfide) groups is 1. The van der Waals surface area contributed by atoms with Crippen molar-refractivity contribution in [2.24, 2.45) is 0 Å². The molecule has 5 rings (SSSR count). The highest BCUT2D eigenvalue weighted by molar-refractivity contribution is 7.98. The molecule has 0 N–H and O–H groups in total. The summed E-state index contributed by atoms with van der Waals surface area (Å²) >= 11 is 9.16. The standard InChI is InChI=1S/C22H18ClN5OS2/c1-2-11-27-20(29)17-5-3-4-6-18(17)28-21(27)25-26-22(28)31-13-16-12-30-19(24-16)14-7-9-15(23)10-8-14/h3-10,12H,2,11,13H2,1H3. The molecule has 0 unspecified atom stereocenters. The van der Waals surface area contributed by atoms with Crippen molar-refractivity contribution < 1.29 is 0 Å². The summed E-state index contributed by atoms with van der Waals surface area (Å²) in [7, 11) is 0. The van der Waals surface area contributed by atoms with Crippen LogP contribution in [0.15, 0.2) is 63.9 Å². The van der Waals surface area contributed by atoms with Crippen molar-refractivity contribution in [2.75, 3.05) is 0 Å². The van der Waals surface area contributed by atoms with Gasteiger partial charge in [-0.3, -0.25) is 13.8 Å². The van der Waals surface area contributed by atoms with Crippen molar-refractivity contribution in [1.82, 2.24) is 24.1 Å². The Labute approximate surface area is 191 Å². The molecule has 6 nitrogen and oxygen atoms in total. The molecule has 0 radical (unpaired) electrons. The number of halogens is 1. The van der Waals surface area contributed by atoms with E-state index in [4.69, 9.17) is 16.6 Å². The average Bonchev–Trinajstić information content (AvgIpc) is 3.43. The predicted molar refractivity (Wildman–Crippen MR) is 127 cm³/mol. The van der Waals surface area contributed by atoms with Gasteiger partial charge < -0.3 is 0 Å². The molecule has 0 saturated heterocycles. The summed E-state index contributed by atoms with van der Waals surface area (Å²) in [6, 6.07) is 15.3. The first-order valence-corrected chi connectivity index (χ1v) is 12.1. The van der Waals surface area contributed by atoms with E-state index in [9.17, 15) is 4.79 Å². The molecule has 0 amide bonds. The molecule has 156 valence electrons. The molecular weight excluding hydrogens is 450 g/mol. The first kappa shape index (κ1) is 20.2. The van der Waals surface area contributed by atoms with Crippen LogP contribution in [0.1, 0.15) is 19.0 Å². The van der Waals surface area contributed by atoms with Gasteiger partial charge in [0.25, 0.3) is 5.56 Å². The Balaban J connectivity index is 1.49. The van der Waals surface area contributed by atoms with Crippen LogP contribution in [0.3, 0.4) is 0 Å². The molecule has 5 aromatic rings. The van der Waals surface area contributed by atoms with Gasteiger partial charge in [0.05, 0.1) is 16.6 Å². The van der Waals surface area contributed by atoms with Gasteiger partial charge in [0.2, 0.25) is 5.78 Å². The zero-order valence-electron chi connectivity index (χ0n) is 16.7. The van der Waals surface area contributed by atoms with E-state index in [1.54, 1.807) is 27.7 Å². The number of para-hydroxylation sites is 1. The van der Waals surface area contributed by atoms with E-state index in [0.29, 0.717) is 28.5 Å². The van der Waals surface area contributed by atoms with Gasteiger partial charge in [0.15, 0.2) is 5.16 Å². The van der Waals surface area contributed by atoms with Crippen LogP contribution >= 0.6 is 34.7 Å². The fourth-order valence-electron chi connectivity index (χ4n) is 3.49. The Morgan fingerprint density at radius 1 is 1.10 bits per heavy atom. The highest BCUT2D eigenvalue weighted by Crippen LogP contribution is 2.29. The van der Waals surface area contributed by atoms with Gasteiger partial charge in [0.1, 0.15) is 5.01 Å². The lowest BCUT2D eigenvalue weighted by molar-refractivity contribution is 0.662. The van der Waals surface area contributed by atoms with Gasteiger partial charge >= 0.3 is 0 Å². The minimum Gasteiger partial charge on any atom is -0.276 e. The predicted octanol–water partition coefficient (Wildman–Crippen LogP) is 5.52. The summed E-state index contributed by atoms with van der Waals surface area (Å²) in [6.45, 7) is 2.65. The van der Waals surface area contributed by atoms with Gasteiger partial charge in [-0.25, -0.2) is 4.98 Å². The first-order chi connectivity index (χ1) is 15.2. The quantitative estimate of drug-likeness (QED) is 0.307. The number of aryl methyl sites for hydroxylation is 1. The Kier molecular flexibility index (Phi) is 5.52. The molecule has 9 heteroatoms. The number of hydrogen-bond donors (Lipinski definition) is 0. The van der Waals surface area contributed by atoms with Crippen LogP contribution in [0, 0.1) is 0 Å². The second-order valence-electron chi connectivity index (χ2n) is 7.03.